The molecule has 1 amide bonds. The number of nitrogens with zero attached hydrogens (tertiary/aromatic N) is 2. The molecule has 0 aliphatic heterocycles. The first-order valence-corrected chi connectivity index (χ1v) is 5.48. The summed E-state index contributed by atoms with van der Waals surface area (Å²) in [5.41, 5.74) is 1.80. The zero-order valence-electron chi connectivity index (χ0n) is 9.55. The van der Waals surface area contributed by atoms with Gasteiger partial charge in [-0.2, -0.15) is 0 Å². The van der Waals surface area contributed by atoms with Gasteiger partial charge < -0.3 is 5.32 Å². The summed E-state index contributed by atoms with van der Waals surface area (Å²) in [4.78, 5) is 11.2. The molecule has 86 valence electrons. The van der Waals surface area contributed by atoms with Crippen molar-refractivity contribution in [3.05, 3.63) is 42.5 Å². The van der Waals surface area contributed by atoms with E-state index < -0.39 is 0 Å². The van der Waals surface area contributed by atoms with Gasteiger partial charge in [-0.25, -0.2) is 0 Å². The molecule has 0 bridgehead atoms. The Morgan fingerprint density at radius 1 is 1.12 bits per heavy atom. The van der Waals surface area contributed by atoms with Crippen molar-refractivity contribution in [1.82, 2.24) is 10.2 Å². The van der Waals surface area contributed by atoms with Crippen molar-refractivity contribution >= 4 is 11.7 Å². The molecule has 1 N–H and O–H groups in total. The lowest BCUT2D eigenvalue weighted by Gasteiger charge is -2.03. The minimum atomic E-state index is -0.0632. The van der Waals surface area contributed by atoms with Crippen LogP contribution in [0.15, 0.2) is 42.5 Å². The molecular weight excluding hydrogens is 214 g/mol. The van der Waals surface area contributed by atoms with Crippen molar-refractivity contribution in [2.75, 3.05) is 5.32 Å². The predicted molar refractivity (Wildman–Crippen MR) is 66.4 cm³/mol. The second-order valence-corrected chi connectivity index (χ2v) is 3.57. The number of carbonyl (C=O) groups is 1. The number of nitrogens with one attached hydrogen (secondary N) is 1. The molecule has 0 saturated carbocycles. The highest BCUT2D eigenvalue weighted by Crippen LogP contribution is 2.16. The van der Waals surface area contributed by atoms with Crippen molar-refractivity contribution in [3.8, 4) is 11.3 Å². The molecule has 1 aromatic heterocycles. The van der Waals surface area contributed by atoms with E-state index in [1.54, 1.807) is 13.0 Å². The van der Waals surface area contributed by atoms with Crippen molar-refractivity contribution in [1.29, 1.82) is 0 Å². The largest absolute Gasteiger partial charge is 0.309 e. The molecular formula is C13H13N3O. The Morgan fingerprint density at radius 2 is 1.88 bits per heavy atom. The van der Waals surface area contributed by atoms with Crippen LogP contribution < -0.4 is 5.32 Å². The van der Waals surface area contributed by atoms with E-state index in [4.69, 9.17) is 0 Å². The molecule has 0 aliphatic carbocycles. The first kappa shape index (κ1) is 11.3. The Kier molecular flexibility index (Phi) is 3.45. The van der Waals surface area contributed by atoms with Gasteiger partial charge in [0.15, 0.2) is 5.82 Å². The number of hydrogen-bond acceptors (Lipinski definition) is 3. The molecule has 0 saturated heterocycles. The van der Waals surface area contributed by atoms with Crippen LogP contribution in [0.3, 0.4) is 0 Å². The highest BCUT2D eigenvalue weighted by Gasteiger charge is 2.02. The third-order valence-corrected chi connectivity index (χ3v) is 2.32. The lowest BCUT2D eigenvalue weighted by Crippen LogP contribution is -2.11. The summed E-state index contributed by atoms with van der Waals surface area (Å²) in [5.74, 6) is 0.420. The van der Waals surface area contributed by atoms with Gasteiger partial charge in [0.1, 0.15) is 0 Å². The summed E-state index contributed by atoms with van der Waals surface area (Å²) >= 11 is 0. The Labute approximate surface area is 99.7 Å². The minimum Gasteiger partial charge on any atom is -0.309 e. The molecule has 2 rings (SSSR count). The van der Waals surface area contributed by atoms with E-state index in [9.17, 15) is 4.79 Å². The molecule has 2 aromatic rings. The van der Waals surface area contributed by atoms with Gasteiger partial charge in [0.05, 0.1) is 5.69 Å². The maximum Gasteiger partial charge on any atom is 0.225 e. The molecule has 1 heterocycles. The lowest BCUT2D eigenvalue weighted by molar-refractivity contribution is -0.115. The molecule has 1 aromatic carbocycles. The first-order chi connectivity index (χ1) is 8.29. The fourth-order valence-electron chi connectivity index (χ4n) is 1.39. The van der Waals surface area contributed by atoms with Crippen LogP contribution >= 0.6 is 0 Å². The standard InChI is InChI=1S/C13H13N3O/c1-2-13(17)14-12-9-8-11(15-16-12)10-6-4-3-5-7-10/h3-9H,2H2,1H3,(H,14,16,17). The second kappa shape index (κ2) is 5.21. The summed E-state index contributed by atoms with van der Waals surface area (Å²) in [6, 6.07) is 13.4. The minimum absolute atomic E-state index is 0.0632. The molecule has 0 radical (unpaired) electrons. The van der Waals surface area contributed by atoms with Crippen LogP contribution in [0.25, 0.3) is 11.3 Å². The van der Waals surface area contributed by atoms with Crippen LogP contribution in [0, 0.1) is 0 Å². The van der Waals surface area contributed by atoms with Crippen molar-refractivity contribution in [3.63, 3.8) is 0 Å². The van der Waals surface area contributed by atoms with Crippen LogP contribution in [-0.4, -0.2) is 16.1 Å². The molecule has 0 unspecified atom stereocenters. The quantitative estimate of drug-likeness (QED) is 0.876. The number of aromatic nitrogens is 2. The lowest BCUT2D eigenvalue weighted by atomic mass is 10.1. The van der Waals surface area contributed by atoms with Crippen LogP contribution in [0.5, 0.6) is 0 Å². The Balaban J connectivity index is 2.16. The van der Waals surface area contributed by atoms with E-state index in [0.717, 1.165) is 11.3 Å². The van der Waals surface area contributed by atoms with Gasteiger partial charge in [0.25, 0.3) is 0 Å². The summed E-state index contributed by atoms with van der Waals surface area (Å²) in [6.45, 7) is 1.79. The SMILES string of the molecule is CCC(=O)Nc1ccc(-c2ccccc2)nn1. The number of amides is 1. The molecule has 0 fully saturated rings. The second-order valence-electron chi connectivity index (χ2n) is 3.57. The molecule has 4 nitrogen and oxygen atoms in total. The van der Waals surface area contributed by atoms with Crippen molar-refractivity contribution in [2.45, 2.75) is 13.3 Å². The highest BCUT2D eigenvalue weighted by molar-refractivity contribution is 5.89. The number of hydrogen-bond donors (Lipinski definition) is 1. The van der Waals surface area contributed by atoms with Crippen LogP contribution in [0.1, 0.15) is 13.3 Å². The summed E-state index contributed by atoms with van der Waals surface area (Å²) in [5, 5.41) is 10.7. The van der Waals surface area contributed by atoms with E-state index in [0.29, 0.717) is 12.2 Å². The maximum atomic E-state index is 11.2. The van der Waals surface area contributed by atoms with E-state index in [1.165, 1.54) is 0 Å². The van der Waals surface area contributed by atoms with Gasteiger partial charge >= 0.3 is 0 Å². The van der Waals surface area contributed by atoms with E-state index in [2.05, 4.69) is 15.5 Å². The van der Waals surface area contributed by atoms with Gasteiger partial charge in [0.2, 0.25) is 5.91 Å². The van der Waals surface area contributed by atoms with Gasteiger partial charge in [-0.1, -0.05) is 37.3 Å². The maximum absolute atomic E-state index is 11.2. The normalized spacial score (nSPS) is 9.94. The van der Waals surface area contributed by atoms with Crippen LogP contribution in [0.4, 0.5) is 5.82 Å². The Bertz CT molecular complexity index is 494. The number of carbonyl (C=O) groups excluding carboxylic acids is 1. The van der Waals surface area contributed by atoms with E-state index in [-0.39, 0.29) is 5.91 Å². The molecule has 0 spiro atoms. The summed E-state index contributed by atoms with van der Waals surface area (Å²) in [6.07, 6.45) is 0.433. The molecule has 17 heavy (non-hydrogen) atoms. The predicted octanol–water partition coefficient (Wildman–Crippen LogP) is 2.49. The van der Waals surface area contributed by atoms with Crippen molar-refractivity contribution in [2.24, 2.45) is 0 Å². The third-order valence-electron chi connectivity index (χ3n) is 2.32. The molecule has 0 atom stereocenters. The van der Waals surface area contributed by atoms with E-state index in [1.807, 2.05) is 36.4 Å². The van der Waals surface area contributed by atoms with Crippen molar-refractivity contribution < 1.29 is 4.79 Å². The fraction of sp³-hybridized carbons (Fsp3) is 0.154. The third kappa shape index (κ3) is 2.87. The van der Waals surface area contributed by atoms with Gasteiger partial charge in [-0.05, 0) is 12.1 Å². The van der Waals surface area contributed by atoms with Crippen LogP contribution in [0.2, 0.25) is 0 Å². The highest BCUT2D eigenvalue weighted by atomic mass is 16.1. The topological polar surface area (TPSA) is 54.9 Å². The summed E-state index contributed by atoms with van der Waals surface area (Å²) < 4.78 is 0. The monoisotopic (exact) mass is 227 g/mol. The molecule has 4 heteroatoms. The smallest absolute Gasteiger partial charge is 0.225 e. The van der Waals surface area contributed by atoms with Gasteiger partial charge in [-0.3, -0.25) is 4.79 Å². The number of anilines is 1. The molecule has 0 aliphatic rings. The number of rotatable bonds is 3. The summed E-state index contributed by atoms with van der Waals surface area (Å²) in [7, 11) is 0. The van der Waals surface area contributed by atoms with Gasteiger partial charge in [0, 0.05) is 12.0 Å². The Hall–Kier alpha value is -2.23. The zero-order valence-corrected chi connectivity index (χ0v) is 9.55. The first-order valence-electron chi connectivity index (χ1n) is 5.48. The average molecular weight is 227 g/mol. The Morgan fingerprint density at radius 3 is 2.47 bits per heavy atom. The number of benzene rings is 1. The van der Waals surface area contributed by atoms with E-state index >= 15 is 0 Å². The average Bonchev–Trinajstić information content (AvgIpc) is 2.40. The van der Waals surface area contributed by atoms with Crippen LogP contribution in [-0.2, 0) is 4.79 Å². The zero-order chi connectivity index (χ0) is 12.1. The fourth-order valence-corrected chi connectivity index (χ4v) is 1.39. The van der Waals surface area contributed by atoms with Gasteiger partial charge in [-0.15, -0.1) is 10.2 Å².